The lowest BCUT2D eigenvalue weighted by molar-refractivity contribution is -0.134. The molecule has 0 aliphatic rings. The zero-order valence-corrected chi connectivity index (χ0v) is 10.8. The Balaban J connectivity index is 2.51. The van der Waals surface area contributed by atoms with Gasteiger partial charge in [0.25, 0.3) is 0 Å². The average Bonchev–Trinajstić information content (AvgIpc) is 2.26. The van der Waals surface area contributed by atoms with Crippen LogP contribution in [0.5, 0.6) is 0 Å². The summed E-state index contributed by atoms with van der Waals surface area (Å²) in [5.74, 6) is -0.886. The third-order valence-corrected chi connectivity index (χ3v) is 2.82. The normalized spacial score (nSPS) is 10.5. The van der Waals surface area contributed by atoms with Gasteiger partial charge in [0, 0.05) is 21.2 Å². The highest BCUT2D eigenvalue weighted by molar-refractivity contribution is 9.10. The van der Waals surface area contributed by atoms with E-state index >= 15 is 0 Å². The van der Waals surface area contributed by atoms with Gasteiger partial charge in [0.2, 0.25) is 0 Å². The number of aromatic nitrogens is 1. The summed E-state index contributed by atoms with van der Waals surface area (Å²) in [7, 11) is 0. The minimum absolute atomic E-state index is 0.106. The number of hydrogen-bond acceptors (Lipinski definition) is 3. The first-order valence-electron chi connectivity index (χ1n) is 5.09. The largest absolute Gasteiger partial charge is 0.480 e. The van der Waals surface area contributed by atoms with Crippen LogP contribution in [0.1, 0.15) is 5.69 Å². The first kappa shape index (κ1) is 11.9. The van der Waals surface area contributed by atoms with Crippen LogP contribution in [-0.4, -0.2) is 22.6 Å². The second kappa shape index (κ2) is 4.71. The van der Waals surface area contributed by atoms with Gasteiger partial charge in [-0.1, -0.05) is 15.9 Å². The maximum absolute atomic E-state index is 10.6. The lowest BCUT2D eigenvalue weighted by atomic mass is 10.1. The number of rotatable bonds is 3. The summed E-state index contributed by atoms with van der Waals surface area (Å²) in [6.45, 7) is 1.78. The first-order valence-corrected chi connectivity index (χ1v) is 5.88. The summed E-state index contributed by atoms with van der Waals surface area (Å²) in [5.41, 5.74) is 2.49. The fourth-order valence-corrected chi connectivity index (χ4v) is 2.01. The van der Waals surface area contributed by atoms with Gasteiger partial charge < -0.3 is 10.4 Å². The highest BCUT2D eigenvalue weighted by Crippen LogP contribution is 2.26. The number of pyridine rings is 1. The van der Waals surface area contributed by atoms with Gasteiger partial charge in [0.1, 0.15) is 6.54 Å². The average molecular weight is 295 g/mol. The Kier molecular flexibility index (Phi) is 3.28. The van der Waals surface area contributed by atoms with Crippen molar-refractivity contribution >= 4 is 38.5 Å². The molecule has 2 aromatic rings. The molecule has 17 heavy (non-hydrogen) atoms. The maximum atomic E-state index is 10.6. The van der Waals surface area contributed by atoms with Crippen molar-refractivity contribution in [3.63, 3.8) is 0 Å². The molecular formula is C12H11BrN2O2. The monoisotopic (exact) mass is 294 g/mol. The zero-order valence-electron chi connectivity index (χ0n) is 9.20. The predicted octanol–water partition coefficient (Wildman–Crippen LogP) is 2.80. The fraction of sp³-hybridized carbons (Fsp3) is 0.167. The third kappa shape index (κ3) is 2.74. The number of anilines is 1. The molecule has 1 heterocycles. The lowest BCUT2D eigenvalue weighted by Gasteiger charge is -2.09. The minimum atomic E-state index is -0.886. The van der Waals surface area contributed by atoms with Crippen LogP contribution in [0.2, 0.25) is 0 Å². The number of aryl methyl sites for hydroxylation is 1. The van der Waals surface area contributed by atoms with Crippen molar-refractivity contribution in [2.24, 2.45) is 0 Å². The number of fused-ring (bicyclic) bond motifs is 1. The molecule has 0 radical (unpaired) electrons. The van der Waals surface area contributed by atoms with E-state index in [2.05, 4.69) is 26.2 Å². The van der Waals surface area contributed by atoms with Crippen molar-refractivity contribution in [3.05, 3.63) is 34.4 Å². The van der Waals surface area contributed by atoms with E-state index in [-0.39, 0.29) is 6.54 Å². The van der Waals surface area contributed by atoms with Gasteiger partial charge in [-0.25, -0.2) is 0 Å². The van der Waals surface area contributed by atoms with Gasteiger partial charge in [0.15, 0.2) is 0 Å². The van der Waals surface area contributed by atoms with Crippen molar-refractivity contribution in [1.29, 1.82) is 0 Å². The summed E-state index contributed by atoms with van der Waals surface area (Å²) in [4.78, 5) is 15.0. The highest BCUT2D eigenvalue weighted by Gasteiger charge is 2.05. The summed E-state index contributed by atoms with van der Waals surface area (Å²) in [5, 5.41) is 12.5. The van der Waals surface area contributed by atoms with E-state index in [0.717, 1.165) is 26.8 Å². The Morgan fingerprint density at radius 3 is 2.94 bits per heavy atom. The van der Waals surface area contributed by atoms with E-state index in [0.29, 0.717) is 0 Å². The molecule has 0 saturated carbocycles. The van der Waals surface area contributed by atoms with E-state index in [4.69, 9.17) is 5.11 Å². The fourth-order valence-electron chi connectivity index (χ4n) is 1.65. The number of halogens is 1. The minimum Gasteiger partial charge on any atom is -0.480 e. The van der Waals surface area contributed by atoms with Gasteiger partial charge in [-0.15, -0.1) is 0 Å². The predicted molar refractivity (Wildman–Crippen MR) is 70.3 cm³/mol. The Hall–Kier alpha value is -1.62. The highest BCUT2D eigenvalue weighted by atomic mass is 79.9. The van der Waals surface area contributed by atoms with Crippen LogP contribution >= 0.6 is 15.9 Å². The number of carboxylic acid groups (broad SMARTS) is 1. The molecule has 4 nitrogen and oxygen atoms in total. The van der Waals surface area contributed by atoms with Crippen LogP contribution < -0.4 is 5.32 Å². The van der Waals surface area contributed by atoms with E-state index in [1.807, 2.05) is 31.2 Å². The molecule has 0 aliphatic carbocycles. The van der Waals surface area contributed by atoms with Crippen LogP contribution in [0.15, 0.2) is 28.7 Å². The summed E-state index contributed by atoms with van der Waals surface area (Å²) in [6, 6.07) is 7.58. The third-order valence-electron chi connectivity index (χ3n) is 2.33. The summed E-state index contributed by atoms with van der Waals surface area (Å²) >= 11 is 3.39. The quantitative estimate of drug-likeness (QED) is 0.914. The molecule has 0 amide bonds. The van der Waals surface area contributed by atoms with Crippen LogP contribution in [0.3, 0.4) is 0 Å². The molecule has 1 aromatic heterocycles. The molecule has 1 aromatic carbocycles. The van der Waals surface area contributed by atoms with Crippen molar-refractivity contribution in [2.45, 2.75) is 6.92 Å². The van der Waals surface area contributed by atoms with Gasteiger partial charge in [0.05, 0.1) is 5.52 Å². The van der Waals surface area contributed by atoms with E-state index in [1.54, 1.807) is 0 Å². The first-order chi connectivity index (χ1) is 8.06. The zero-order chi connectivity index (χ0) is 12.4. The Labute approximate surface area is 107 Å². The maximum Gasteiger partial charge on any atom is 0.322 e. The van der Waals surface area contributed by atoms with Gasteiger partial charge >= 0.3 is 5.97 Å². The van der Waals surface area contributed by atoms with Crippen LogP contribution in [0.4, 0.5) is 5.69 Å². The van der Waals surface area contributed by atoms with Gasteiger partial charge in [-0.2, -0.15) is 0 Å². The Morgan fingerprint density at radius 1 is 1.47 bits per heavy atom. The molecule has 0 bridgehead atoms. The molecule has 5 heteroatoms. The van der Waals surface area contributed by atoms with Crippen LogP contribution in [0.25, 0.3) is 10.9 Å². The number of benzene rings is 1. The van der Waals surface area contributed by atoms with E-state index < -0.39 is 5.97 Å². The molecule has 0 saturated heterocycles. The molecule has 2 rings (SSSR count). The van der Waals surface area contributed by atoms with Crippen LogP contribution in [-0.2, 0) is 4.79 Å². The SMILES string of the molecule is Cc1cc(NCC(=O)O)c2cc(Br)ccc2n1. The second-order valence-corrected chi connectivity index (χ2v) is 4.64. The molecule has 88 valence electrons. The topological polar surface area (TPSA) is 62.2 Å². The Morgan fingerprint density at radius 2 is 2.24 bits per heavy atom. The smallest absolute Gasteiger partial charge is 0.322 e. The van der Waals surface area contributed by atoms with Gasteiger partial charge in [-0.05, 0) is 31.2 Å². The number of nitrogens with one attached hydrogen (secondary N) is 1. The van der Waals surface area contributed by atoms with E-state index in [9.17, 15) is 4.79 Å². The Bertz CT molecular complexity index is 584. The second-order valence-electron chi connectivity index (χ2n) is 3.72. The van der Waals surface area contributed by atoms with Gasteiger partial charge in [-0.3, -0.25) is 9.78 Å². The van der Waals surface area contributed by atoms with Crippen LogP contribution in [0, 0.1) is 6.92 Å². The molecule has 0 spiro atoms. The summed E-state index contributed by atoms with van der Waals surface area (Å²) < 4.78 is 0.939. The standard InChI is InChI=1S/C12H11BrN2O2/c1-7-4-11(14-6-12(16)17)9-5-8(13)2-3-10(9)15-7/h2-5H,6H2,1H3,(H,14,15)(H,16,17). The number of hydrogen-bond donors (Lipinski definition) is 2. The summed E-state index contributed by atoms with van der Waals surface area (Å²) in [6.07, 6.45) is 0. The number of aliphatic carboxylic acids is 1. The van der Waals surface area contributed by atoms with E-state index in [1.165, 1.54) is 0 Å². The van der Waals surface area contributed by atoms with Crippen molar-refractivity contribution < 1.29 is 9.90 Å². The molecule has 0 fully saturated rings. The lowest BCUT2D eigenvalue weighted by Crippen LogP contribution is -2.12. The molecular weight excluding hydrogens is 284 g/mol. The van der Waals surface area contributed by atoms with Crippen molar-refractivity contribution in [3.8, 4) is 0 Å². The molecule has 2 N–H and O–H groups in total. The molecule has 0 atom stereocenters. The molecule has 0 unspecified atom stereocenters. The van der Waals surface area contributed by atoms with Crippen molar-refractivity contribution in [1.82, 2.24) is 4.98 Å². The molecule has 0 aliphatic heterocycles. The number of carbonyl (C=O) groups is 1. The van der Waals surface area contributed by atoms with Crippen molar-refractivity contribution in [2.75, 3.05) is 11.9 Å². The number of carboxylic acids is 1. The number of nitrogens with zero attached hydrogens (tertiary/aromatic N) is 1.